The lowest BCUT2D eigenvalue weighted by Crippen LogP contribution is -1.98. The fourth-order valence-electron chi connectivity index (χ4n) is 0.487. The third-order valence-corrected chi connectivity index (χ3v) is 0.949. The van der Waals surface area contributed by atoms with Crippen molar-refractivity contribution < 1.29 is 14.3 Å². The summed E-state index contributed by atoms with van der Waals surface area (Å²) in [6.07, 6.45) is 8.40. The van der Waals surface area contributed by atoms with Gasteiger partial charge in [0.2, 0.25) is 0 Å². The molecule has 0 heterocycles. The van der Waals surface area contributed by atoms with Gasteiger partial charge in [-0.2, -0.15) is 0 Å². The Labute approximate surface area is 72.4 Å². The van der Waals surface area contributed by atoms with Crippen LogP contribution in [0.1, 0.15) is 6.92 Å². The molecular formula is C9H12O3. The maximum absolute atomic E-state index is 10.3. The largest absolute Gasteiger partial charge is 0.462 e. The molecule has 0 aliphatic heterocycles. The van der Waals surface area contributed by atoms with Gasteiger partial charge < -0.3 is 9.47 Å². The maximum atomic E-state index is 10.3. The van der Waals surface area contributed by atoms with Crippen LogP contribution in [0.4, 0.5) is 0 Å². The third kappa shape index (κ3) is 8.73. The number of hydrogen-bond donors (Lipinski definition) is 0. The van der Waals surface area contributed by atoms with E-state index < -0.39 is 0 Å². The van der Waals surface area contributed by atoms with E-state index in [4.69, 9.17) is 11.2 Å². The Bertz CT molecular complexity index is 188. The Morgan fingerprint density at radius 2 is 2.17 bits per heavy atom. The molecule has 0 aromatic heterocycles. The van der Waals surface area contributed by atoms with Gasteiger partial charge in [-0.3, -0.25) is 4.79 Å². The first kappa shape index (κ1) is 10.7. The van der Waals surface area contributed by atoms with E-state index in [2.05, 4.69) is 10.7 Å². The van der Waals surface area contributed by atoms with Gasteiger partial charge in [-0.25, -0.2) is 0 Å². The van der Waals surface area contributed by atoms with Gasteiger partial charge in [0.1, 0.15) is 13.2 Å². The zero-order valence-corrected chi connectivity index (χ0v) is 7.08. The molecule has 0 rings (SSSR count). The first-order valence-corrected chi connectivity index (χ1v) is 3.57. The van der Waals surface area contributed by atoms with Crippen LogP contribution in [0.5, 0.6) is 0 Å². The lowest BCUT2D eigenvalue weighted by molar-refractivity contribution is -0.139. The fourth-order valence-corrected chi connectivity index (χ4v) is 0.487. The van der Waals surface area contributed by atoms with Gasteiger partial charge in [-0.05, 0) is 6.08 Å². The normalized spacial score (nSPS) is 9.67. The van der Waals surface area contributed by atoms with E-state index in [1.807, 2.05) is 0 Å². The van der Waals surface area contributed by atoms with E-state index >= 15 is 0 Å². The average Bonchev–Trinajstić information content (AvgIpc) is 2.02. The maximum Gasteiger partial charge on any atom is 0.302 e. The first-order chi connectivity index (χ1) is 5.77. The summed E-state index contributed by atoms with van der Waals surface area (Å²) in [5.41, 5.74) is 0. The molecule has 0 spiro atoms. The standard InChI is InChI=1S/C9H12O3/c1-3-6-11-7-4-5-8-12-9(2)10/h1,4-5H,6-8H2,2H3/b5-4-. The van der Waals surface area contributed by atoms with Crippen LogP contribution in [0.3, 0.4) is 0 Å². The number of carbonyl (C=O) groups excluding carboxylic acids is 1. The summed E-state index contributed by atoms with van der Waals surface area (Å²) in [4.78, 5) is 10.3. The molecule has 12 heavy (non-hydrogen) atoms. The quantitative estimate of drug-likeness (QED) is 0.263. The Morgan fingerprint density at radius 3 is 2.75 bits per heavy atom. The number of carbonyl (C=O) groups is 1. The van der Waals surface area contributed by atoms with Crippen molar-refractivity contribution in [1.29, 1.82) is 0 Å². The molecule has 0 N–H and O–H groups in total. The zero-order chi connectivity index (χ0) is 9.23. The number of ether oxygens (including phenoxy) is 2. The molecule has 0 saturated carbocycles. The molecule has 66 valence electrons. The van der Waals surface area contributed by atoms with Gasteiger partial charge in [0.05, 0.1) is 6.61 Å². The van der Waals surface area contributed by atoms with Gasteiger partial charge in [0.25, 0.3) is 0 Å². The Balaban J connectivity index is 3.15. The number of terminal acetylenes is 1. The minimum absolute atomic E-state index is 0.286. The van der Waals surface area contributed by atoms with Gasteiger partial charge in [-0.1, -0.05) is 12.0 Å². The number of hydrogen-bond acceptors (Lipinski definition) is 3. The molecule has 0 unspecified atom stereocenters. The summed E-state index contributed by atoms with van der Waals surface area (Å²) in [6.45, 7) is 2.40. The van der Waals surface area contributed by atoms with Crippen molar-refractivity contribution in [3.63, 3.8) is 0 Å². The van der Waals surface area contributed by atoms with Gasteiger partial charge in [0.15, 0.2) is 0 Å². The molecule has 0 aliphatic rings. The SMILES string of the molecule is C#CCOC/C=C\COC(C)=O. The molecule has 0 radical (unpaired) electrons. The summed E-state index contributed by atoms with van der Waals surface area (Å²) < 4.78 is 9.55. The van der Waals surface area contributed by atoms with Crippen molar-refractivity contribution in [1.82, 2.24) is 0 Å². The molecule has 0 aromatic carbocycles. The molecular weight excluding hydrogens is 156 g/mol. The minimum Gasteiger partial charge on any atom is -0.462 e. The lowest BCUT2D eigenvalue weighted by Gasteiger charge is -1.95. The third-order valence-electron chi connectivity index (χ3n) is 0.949. The predicted molar refractivity (Wildman–Crippen MR) is 45.4 cm³/mol. The Morgan fingerprint density at radius 1 is 1.50 bits per heavy atom. The molecule has 3 heteroatoms. The van der Waals surface area contributed by atoms with Crippen molar-refractivity contribution in [2.75, 3.05) is 19.8 Å². The van der Waals surface area contributed by atoms with Crippen molar-refractivity contribution >= 4 is 5.97 Å². The predicted octanol–water partition coefficient (Wildman–Crippen LogP) is 0.756. The first-order valence-electron chi connectivity index (χ1n) is 3.57. The van der Waals surface area contributed by atoms with Crippen molar-refractivity contribution in [3.05, 3.63) is 12.2 Å². The average molecular weight is 168 g/mol. The second kappa shape index (κ2) is 7.83. The fraction of sp³-hybridized carbons (Fsp3) is 0.444. The summed E-state index contributed by atoms with van der Waals surface area (Å²) in [6, 6.07) is 0. The van der Waals surface area contributed by atoms with Crippen LogP contribution in [0, 0.1) is 12.3 Å². The van der Waals surface area contributed by atoms with Crippen LogP contribution >= 0.6 is 0 Å². The Hall–Kier alpha value is -1.27. The second-order valence-corrected chi connectivity index (χ2v) is 1.99. The highest BCUT2D eigenvalue weighted by atomic mass is 16.5. The smallest absolute Gasteiger partial charge is 0.302 e. The summed E-state index contributed by atoms with van der Waals surface area (Å²) in [5, 5.41) is 0. The summed E-state index contributed by atoms with van der Waals surface area (Å²) in [7, 11) is 0. The molecule has 3 nitrogen and oxygen atoms in total. The molecule has 0 aliphatic carbocycles. The highest BCUT2D eigenvalue weighted by Crippen LogP contribution is 1.80. The van der Waals surface area contributed by atoms with E-state index in [1.54, 1.807) is 12.2 Å². The summed E-state index contributed by atoms with van der Waals surface area (Å²) >= 11 is 0. The van der Waals surface area contributed by atoms with Crippen LogP contribution in [-0.4, -0.2) is 25.8 Å². The molecule has 0 atom stereocenters. The van der Waals surface area contributed by atoms with Gasteiger partial charge in [0, 0.05) is 6.92 Å². The van der Waals surface area contributed by atoms with Crippen LogP contribution in [-0.2, 0) is 14.3 Å². The van der Waals surface area contributed by atoms with Crippen LogP contribution in [0.15, 0.2) is 12.2 Å². The highest BCUT2D eigenvalue weighted by Gasteiger charge is 1.85. The van der Waals surface area contributed by atoms with E-state index in [0.717, 1.165) is 0 Å². The van der Waals surface area contributed by atoms with E-state index in [1.165, 1.54) is 6.92 Å². The molecule has 0 amide bonds. The van der Waals surface area contributed by atoms with Gasteiger partial charge >= 0.3 is 5.97 Å². The minimum atomic E-state index is -0.288. The Kier molecular flexibility index (Phi) is 7.00. The molecule has 0 bridgehead atoms. The highest BCUT2D eigenvalue weighted by molar-refractivity contribution is 5.65. The molecule has 0 saturated heterocycles. The monoisotopic (exact) mass is 168 g/mol. The molecule has 0 aromatic rings. The summed E-state index contributed by atoms with van der Waals surface area (Å²) in [5.74, 6) is 2.05. The van der Waals surface area contributed by atoms with E-state index in [-0.39, 0.29) is 12.6 Å². The molecule has 0 fully saturated rings. The van der Waals surface area contributed by atoms with Crippen LogP contribution in [0.2, 0.25) is 0 Å². The van der Waals surface area contributed by atoms with Crippen molar-refractivity contribution in [2.24, 2.45) is 0 Å². The van der Waals surface area contributed by atoms with Crippen molar-refractivity contribution in [2.45, 2.75) is 6.92 Å². The lowest BCUT2D eigenvalue weighted by atomic mass is 10.5. The second-order valence-electron chi connectivity index (χ2n) is 1.99. The zero-order valence-electron chi connectivity index (χ0n) is 7.08. The van der Waals surface area contributed by atoms with E-state index in [9.17, 15) is 4.79 Å². The van der Waals surface area contributed by atoms with E-state index in [0.29, 0.717) is 13.2 Å². The topological polar surface area (TPSA) is 35.5 Å². The number of esters is 1. The van der Waals surface area contributed by atoms with Gasteiger partial charge in [-0.15, -0.1) is 6.42 Å². The van der Waals surface area contributed by atoms with Crippen LogP contribution < -0.4 is 0 Å². The number of rotatable bonds is 5. The van der Waals surface area contributed by atoms with Crippen LogP contribution in [0.25, 0.3) is 0 Å². The van der Waals surface area contributed by atoms with Crippen molar-refractivity contribution in [3.8, 4) is 12.3 Å².